The van der Waals surface area contributed by atoms with Crippen molar-refractivity contribution >= 4 is 5.96 Å². The van der Waals surface area contributed by atoms with Gasteiger partial charge < -0.3 is 20.1 Å². The Bertz CT molecular complexity index is 501. The molecule has 1 aromatic carbocycles. The maximum atomic E-state index is 5.71. The zero-order valence-electron chi connectivity index (χ0n) is 13.8. The van der Waals surface area contributed by atoms with E-state index in [4.69, 9.17) is 9.47 Å². The van der Waals surface area contributed by atoms with Crippen molar-refractivity contribution in [2.24, 2.45) is 10.9 Å². The summed E-state index contributed by atoms with van der Waals surface area (Å²) in [4.78, 5) is 4.24. The summed E-state index contributed by atoms with van der Waals surface area (Å²) in [6.07, 6.45) is 2.05. The van der Waals surface area contributed by atoms with Crippen LogP contribution in [0, 0.1) is 5.92 Å². The molecule has 2 rings (SSSR count). The van der Waals surface area contributed by atoms with Crippen LogP contribution in [0.15, 0.2) is 23.2 Å². The standard InChI is InChI=1S/C17H27N3O2/c1-13(2)7-8-19-17(18-3)20-12-14-5-6-15-16(11-14)22-10-4-9-21-15/h5-6,11,13H,4,7-10,12H2,1-3H3,(H2,18,19,20). The largest absolute Gasteiger partial charge is 0.490 e. The van der Waals surface area contributed by atoms with Crippen molar-refractivity contribution in [1.82, 2.24) is 10.6 Å². The first-order valence-corrected chi connectivity index (χ1v) is 8.02. The van der Waals surface area contributed by atoms with Gasteiger partial charge in [-0.05, 0) is 30.0 Å². The number of benzene rings is 1. The average molecular weight is 305 g/mol. The molecule has 0 unspecified atom stereocenters. The Kier molecular flexibility index (Phi) is 6.37. The first-order chi connectivity index (χ1) is 10.7. The summed E-state index contributed by atoms with van der Waals surface area (Å²) in [5.41, 5.74) is 1.15. The van der Waals surface area contributed by atoms with Crippen LogP contribution in [-0.2, 0) is 6.54 Å². The van der Waals surface area contributed by atoms with Gasteiger partial charge in [-0.15, -0.1) is 0 Å². The molecule has 0 saturated heterocycles. The molecule has 0 amide bonds. The van der Waals surface area contributed by atoms with Crippen LogP contribution in [0.1, 0.15) is 32.3 Å². The van der Waals surface area contributed by atoms with Gasteiger partial charge in [-0.2, -0.15) is 0 Å². The van der Waals surface area contributed by atoms with E-state index < -0.39 is 0 Å². The summed E-state index contributed by atoms with van der Waals surface area (Å²) in [6, 6.07) is 6.07. The van der Waals surface area contributed by atoms with Crippen LogP contribution in [0.5, 0.6) is 11.5 Å². The molecule has 0 radical (unpaired) electrons. The minimum Gasteiger partial charge on any atom is -0.490 e. The Balaban J connectivity index is 1.86. The molecule has 1 aliphatic heterocycles. The minimum atomic E-state index is 0.687. The number of hydrogen-bond donors (Lipinski definition) is 2. The highest BCUT2D eigenvalue weighted by Crippen LogP contribution is 2.30. The van der Waals surface area contributed by atoms with Crippen LogP contribution in [0.4, 0.5) is 0 Å². The van der Waals surface area contributed by atoms with E-state index >= 15 is 0 Å². The fourth-order valence-electron chi connectivity index (χ4n) is 2.20. The number of aliphatic imine (C=N–C) groups is 1. The van der Waals surface area contributed by atoms with Crippen molar-refractivity contribution in [1.29, 1.82) is 0 Å². The summed E-state index contributed by atoms with van der Waals surface area (Å²) in [7, 11) is 1.79. The quantitative estimate of drug-likeness (QED) is 0.648. The van der Waals surface area contributed by atoms with E-state index in [0.717, 1.165) is 49.0 Å². The van der Waals surface area contributed by atoms with Gasteiger partial charge in [0.15, 0.2) is 17.5 Å². The molecule has 5 heteroatoms. The summed E-state index contributed by atoms with van der Waals surface area (Å²) >= 11 is 0. The molecular weight excluding hydrogens is 278 g/mol. The van der Waals surface area contributed by atoms with Crippen molar-refractivity contribution in [3.8, 4) is 11.5 Å². The number of nitrogens with one attached hydrogen (secondary N) is 2. The van der Waals surface area contributed by atoms with Crippen LogP contribution in [-0.4, -0.2) is 32.8 Å². The van der Waals surface area contributed by atoms with Crippen LogP contribution >= 0.6 is 0 Å². The summed E-state index contributed by atoms with van der Waals surface area (Å²) in [5.74, 6) is 3.18. The van der Waals surface area contributed by atoms with Crippen LogP contribution in [0.3, 0.4) is 0 Å². The molecule has 122 valence electrons. The summed E-state index contributed by atoms with van der Waals surface area (Å²) in [5, 5.41) is 6.65. The van der Waals surface area contributed by atoms with E-state index in [1.807, 2.05) is 12.1 Å². The van der Waals surface area contributed by atoms with Gasteiger partial charge in [-0.25, -0.2) is 0 Å². The Hall–Kier alpha value is -1.91. The molecule has 0 aliphatic carbocycles. The summed E-state index contributed by atoms with van der Waals surface area (Å²) in [6.45, 7) is 7.50. The Labute approximate surface area is 133 Å². The van der Waals surface area contributed by atoms with Crippen LogP contribution < -0.4 is 20.1 Å². The van der Waals surface area contributed by atoms with E-state index in [1.165, 1.54) is 0 Å². The Morgan fingerprint density at radius 3 is 2.68 bits per heavy atom. The molecule has 0 saturated carbocycles. The lowest BCUT2D eigenvalue weighted by Gasteiger charge is -2.14. The number of rotatable bonds is 5. The third kappa shape index (κ3) is 5.13. The SMILES string of the molecule is CN=C(NCCC(C)C)NCc1ccc2c(c1)OCCCO2. The topological polar surface area (TPSA) is 54.9 Å². The summed E-state index contributed by atoms with van der Waals surface area (Å²) < 4.78 is 11.4. The average Bonchev–Trinajstić information content (AvgIpc) is 2.75. The molecule has 0 atom stereocenters. The smallest absolute Gasteiger partial charge is 0.191 e. The predicted octanol–water partition coefficient (Wildman–Crippen LogP) is 2.56. The number of guanidine groups is 1. The highest BCUT2D eigenvalue weighted by atomic mass is 16.5. The van der Waals surface area contributed by atoms with Gasteiger partial charge in [0.2, 0.25) is 0 Å². The molecule has 5 nitrogen and oxygen atoms in total. The highest BCUT2D eigenvalue weighted by Gasteiger charge is 2.10. The molecule has 0 aromatic heterocycles. The lowest BCUT2D eigenvalue weighted by atomic mass is 10.1. The second-order valence-electron chi connectivity index (χ2n) is 5.87. The highest BCUT2D eigenvalue weighted by molar-refractivity contribution is 5.79. The Morgan fingerprint density at radius 1 is 1.18 bits per heavy atom. The first-order valence-electron chi connectivity index (χ1n) is 8.02. The van der Waals surface area contributed by atoms with Crippen LogP contribution in [0.2, 0.25) is 0 Å². The van der Waals surface area contributed by atoms with Crippen molar-refractivity contribution in [3.05, 3.63) is 23.8 Å². The third-order valence-electron chi connectivity index (χ3n) is 3.51. The number of hydrogen-bond acceptors (Lipinski definition) is 3. The molecule has 0 spiro atoms. The van der Waals surface area contributed by atoms with Gasteiger partial charge in [0, 0.05) is 26.6 Å². The molecule has 2 N–H and O–H groups in total. The zero-order chi connectivity index (χ0) is 15.8. The van der Waals surface area contributed by atoms with Crippen molar-refractivity contribution in [2.75, 3.05) is 26.8 Å². The minimum absolute atomic E-state index is 0.687. The lowest BCUT2D eigenvalue weighted by molar-refractivity contribution is 0.297. The maximum Gasteiger partial charge on any atom is 0.191 e. The molecule has 0 fully saturated rings. The molecular formula is C17H27N3O2. The van der Waals surface area contributed by atoms with E-state index in [9.17, 15) is 0 Å². The van der Waals surface area contributed by atoms with Crippen LogP contribution in [0.25, 0.3) is 0 Å². The van der Waals surface area contributed by atoms with Crippen molar-refractivity contribution in [3.63, 3.8) is 0 Å². The normalized spacial score (nSPS) is 14.6. The van der Waals surface area contributed by atoms with E-state index in [0.29, 0.717) is 19.1 Å². The monoisotopic (exact) mass is 305 g/mol. The van der Waals surface area contributed by atoms with E-state index in [-0.39, 0.29) is 0 Å². The third-order valence-corrected chi connectivity index (χ3v) is 3.51. The van der Waals surface area contributed by atoms with Gasteiger partial charge >= 0.3 is 0 Å². The van der Waals surface area contributed by atoms with Crippen molar-refractivity contribution in [2.45, 2.75) is 33.2 Å². The first kappa shape index (κ1) is 16.5. The van der Waals surface area contributed by atoms with Gasteiger partial charge in [0.05, 0.1) is 13.2 Å². The van der Waals surface area contributed by atoms with Gasteiger partial charge in [-0.3, -0.25) is 4.99 Å². The van der Waals surface area contributed by atoms with E-state index in [1.54, 1.807) is 7.05 Å². The number of ether oxygens (including phenoxy) is 2. The zero-order valence-corrected chi connectivity index (χ0v) is 13.8. The van der Waals surface area contributed by atoms with Gasteiger partial charge in [0.25, 0.3) is 0 Å². The number of fused-ring (bicyclic) bond motifs is 1. The predicted molar refractivity (Wildman–Crippen MR) is 89.7 cm³/mol. The second-order valence-corrected chi connectivity index (χ2v) is 5.87. The van der Waals surface area contributed by atoms with Gasteiger partial charge in [-0.1, -0.05) is 19.9 Å². The molecule has 1 heterocycles. The fraction of sp³-hybridized carbons (Fsp3) is 0.588. The second kappa shape index (κ2) is 8.51. The Morgan fingerprint density at radius 2 is 1.95 bits per heavy atom. The molecule has 0 bridgehead atoms. The molecule has 1 aliphatic rings. The van der Waals surface area contributed by atoms with E-state index in [2.05, 4.69) is 35.5 Å². The van der Waals surface area contributed by atoms with Gasteiger partial charge in [0.1, 0.15) is 0 Å². The molecule has 22 heavy (non-hydrogen) atoms. The lowest BCUT2D eigenvalue weighted by Crippen LogP contribution is -2.37. The molecule has 1 aromatic rings. The number of nitrogens with zero attached hydrogens (tertiary/aromatic N) is 1. The van der Waals surface area contributed by atoms with Crippen molar-refractivity contribution < 1.29 is 9.47 Å². The fourth-order valence-corrected chi connectivity index (χ4v) is 2.20. The maximum absolute atomic E-state index is 5.71.